The van der Waals surface area contributed by atoms with Gasteiger partial charge in [0.1, 0.15) is 6.04 Å². The molecule has 1 unspecified atom stereocenters. The Labute approximate surface area is 166 Å². The van der Waals surface area contributed by atoms with Crippen molar-refractivity contribution in [1.82, 2.24) is 10.2 Å². The second kappa shape index (κ2) is 9.56. The SMILES string of the molecule is CCc1ccc(CN(C)C(=O)C(NC(=O)c2ccccc2Cl)C(C)C)cc1. The van der Waals surface area contributed by atoms with Crippen LogP contribution in [0.1, 0.15) is 42.3 Å². The number of hydrogen-bond acceptors (Lipinski definition) is 2. The van der Waals surface area contributed by atoms with Gasteiger partial charge in [-0.1, -0.05) is 68.8 Å². The molecule has 0 aliphatic heterocycles. The maximum absolute atomic E-state index is 12.9. The van der Waals surface area contributed by atoms with Crippen molar-refractivity contribution in [2.24, 2.45) is 5.92 Å². The average Bonchev–Trinajstić information content (AvgIpc) is 2.66. The number of likely N-dealkylation sites (N-methyl/N-ethyl adjacent to an activating group) is 1. The van der Waals surface area contributed by atoms with Crippen LogP contribution in [-0.4, -0.2) is 29.8 Å². The van der Waals surface area contributed by atoms with Crippen molar-refractivity contribution in [2.45, 2.75) is 39.8 Å². The Bertz CT molecular complexity index is 787. The van der Waals surface area contributed by atoms with Crippen LogP contribution in [0.4, 0.5) is 0 Å². The number of carbonyl (C=O) groups is 2. The molecular weight excluding hydrogens is 360 g/mol. The van der Waals surface area contributed by atoms with E-state index in [9.17, 15) is 9.59 Å². The first-order chi connectivity index (χ1) is 12.8. The molecule has 0 aromatic heterocycles. The molecule has 1 atom stereocenters. The molecule has 5 heteroatoms. The number of halogens is 1. The lowest BCUT2D eigenvalue weighted by Crippen LogP contribution is -2.50. The molecule has 0 aliphatic carbocycles. The predicted octanol–water partition coefficient (Wildman–Crippen LogP) is 4.32. The maximum atomic E-state index is 12.9. The van der Waals surface area contributed by atoms with E-state index >= 15 is 0 Å². The summed E-state index contributed by atoms with van der Waals surface area (Å²) in [4.78, 5) is 27.2. The zero-order valence-corrected chi connectivity index (χ0v) is 17.1. The molecule has 0 aliphatic rings. The first-order valence-corrected chi connectivity index (χ1v) is 9.59. The van der Waals surface area contributed by atoms with Gasteiger partial charge in [0.25, 0.3) is 5.91 Å². The Morgan fingerprint density at radius 2 is 1.63 bits per heavy atom. The van der Waals surface area contributed by atoms with E-state index in [0.29, 0.717) is 17.1 Å². The third-order valence-electron chi connectivity index (χ3n) is 4.56. The summed E-state index contributed by atoms with van der Waals surface area (Å²) in [5, 5.41) is 3.21. The molecule has 2 aromatic carbocycles. The summed E-state index contributed by atoms with van der Waals surface area (Å²) in [6, 6.07) is 14.4. The molecule has 4 nitrogen and oxygen atoms in total. The highest BCUT2D eigenvalue weighted by Crippen LogP contribution is 2.16. The van der Waals surface area contributed by atoms with Crippen molar-refractivity contribution in [2.75, 3.05) is 7.05 Å². The molecule has 2 rings (SSSR count). The number of aryl methyl sites for hydroxylation is 1. The van der Waals surface area contributed by atoms with Crippen LogP contribution in [0.15, 0.2) is 48.5 Å². The summed E-state index contributed by atoms with van der Waals surface area (Å²) in [5.41, 5.74) is 2.69. The molecule has 0 heterocycles. The van der Waals surface area contributed by atoms with Gasteiger partial charge in [0.15, 0.2) is 0 Å². The predicted molar refractivity (Wildman–Crippen MR) is 110 cm³/mol. The normalized spacial score (nSPS) is 11.9. The molecule has 27 heavy (non-hydrogen) atoms. The van der Waals surface area contributed by atoms with Crippen LogP contribution >= 0.6 is 11.6 Å². The zero-order valence-electron chi connectivity index (χ0n) is 16.3. The monoisotopic (exact) mass is 386 g/mol. The van der Waals surface area contributed by atoms with E-state index in [1.54, 1.807) is 36.2 Å². The fraction of sp³-hybridized carbons (Fsp3) is 0.364. The summed E-state index contributed by atoms with van der Waals surface area (Å²) in [7, 11) is 1.76. The van der Waals surface area contributed by atoms with Crippen LogP contribution < -0.4 is 5.32 Å². The number of nitrogens with zero attached hydrogens (tertiary/aromatic N) is 1. The van der Waals surface area contributed by atoms with Gasteiger partial charge < -0.3 is 10.2 Å². The first kappa shape index (κ1) is 21.0. The van der Waals surface area contributed by atoms with E-state index in [4.69, 9.17) is 11.6 Å². The summed E-state index contributed by atoms with van der Waals surface area (Å²) in [6.45, 7) is 6.44. The third kappa shape index (κ3) is 5.57. The molecule has 0 radical (unpaired) electrons. The Balaban J connectivity index is 2.09. The minimum Gasteiger partial charge on any atom is -0.340 e. The van der Waals surface area contributed by atoms with E-state index in [1.807, 2.05) is 26.0 Å². The van der Waals surface area contributed by atoms with Crippen molar-refractivity contribution in [3.8, 4) is 0 Å². The molecule has 144 valence electrons. The minimum atomic E-state index is -0.617. The fourth-order valence-electron chi connectivity index (χ4n) is 2.85. The number of nitrogens with one attached hydrogen (secondary N) is 1. The molecular formula is C22H27ClN2O2. The second-order valence-electron chi connectivity index (χ2n) is 7.04. The van der Waals surface area contributed by atoms with Gasteiger partial charge in [-0.2, -0.15) is 0 Å². The first-order valence-electron chi connectivity index (χ1n) is 9.21. The lowest BCUT2D eigenvalue weighted by atomic mass is 10.0. The van der Waals surface area contributed by atoms with Crippen molar-refractivity contribution in [3.63, 3.8) is 0 Å². The lowest BCUT2D eigenvalue weighted by Gasteiger charge is -2.27. The number of hydrogen-bond donors (Lipinski definition) is 1. The topological polar surface area (TPSA) is 49.4 Å². The zero-order chi connectivity index (χ0) is 20.0. The van der Waals surface area contributed by atoms with Crippen LogP contribution in [-0.2, 0) is 17.8 Å². The van der Waals surface area contributed by atoms with Crippen LogP contribution in [0, 0.1) is 5.92 Å². The van der Waals surface area contributed by atoms with Gasteiger partial charge in [-0.15, -0.1) is 0 Å². The highest BCUT2D eigenvalue weighted by molar-refractivity contribution is 6.33. The van der Waals surface area contributed by atoms with Gasteiger partial charge in [0, 0.05) is 13.6 Å². The van der Waals surface area contributed by atoms with Crippen molar-refractivity contribution in [3.05, 3.63) is 70.2 Å². The number of benzene rings is 2. The van der Waals surface area contributed by atoms with Crippen molar-refractivity contribution >= 4 is 23.4 Å². The number of rotatable bonds is 7. The summed E-state index contributed by atoms with van der Waals surface area (Å²) in [6.07, 6.45) is 0.985. The fourth-order valence-corrected chi connectivity index (χ4v) is 3.07. The largest absolute Gasteiger partial charge is 0.340 e. The van der Waals surface area contributed by atoms with E-state index in [2.05, 4.69) is 24.4 Å². The van der Waals surface area contributed by atoms with Gasteiger partial charge in [-0.05, 0) is 35.6 Å². The van der Waals surface area contributed by atoms with E-state index in [1.165, 1.54) is 5.56 Å². The molecule has 1 N–H and O–H groups in total. The van der Waals surface area contributed by atoms with Gasteiger partial charge in [0.05, 0.1) is 10.6 Å². The summed E-state index contributed by atoms with van der Waals surface area (Å²) < 4.78 is 0. The van der Waals surface area contributed by atoms with Gasteiger partial charge >= 0.3 is 0 Å². The molecule has 0 bridgehead atoms. The highest BCUT2D eigenvalue weighted by Gasteiger charge is 2.27. The van der Waals surface area contributed by atoms with Crippen molar-refractivity contribution in [1.29, 1.82) is 0 Å². The quantitative estimate of drug-likeness (QED) is 0.770. The molecule has 0 fully saturated rings. The smallest absolute Gasteiger partial charge is 0.253 e. The van der Waals surface area contributed by atoms with Crippen molar-refractivity contribution < 1.29 is 9.59 Å². The van der Waals surface area contributed by atoms with E-state index in [0.717, 1.165) is 12.0 Å². The van der Waals surface area contributed by atoms with E-state index in [-0.39, 0.29) is 17.7 Å². The Morgan fingerprint density at radius 1 is 1.04 bits per heavy atom. The van der Waals surface area contributed by atoms with E-state index < -0.39 is 6.04 Å². The number of amides is 2. The Morgan fingerprint density at radius 3 is 2.19 bits per heavy atom. The number of carbonyl (C=O) groups excluding carboxylic acids is 2. The second-order valence-corrected chi connectivity index (χ2v) is 7.45. The highest BCUT2D eigenvalue weighted by atomic mass is 35.5. The average molecular weight is 387 g/mol. The van der Waals surface area contributed by atoms with Crippen LogP contribution in [0.5, 0.6) is 0 Å². The third-order valence-corrected chi connectivity index (χ3v) is 4.89. The van der Waals surface area contributed by atoms with Crippen LogP contribution in [0.3, 0.4) is 0 Å². The van der Waals surface area contributed by atoms with Gasteiger partial charge in [0.2, 0.25) is 5.91 Å². The van der Waals surface area contributed by atoms with Gasteiger partial charge in [-0.25, -0.2) is 0 Å². The van der Waals surface area contributed by atoms with Gasteiger partial charge in [-0.3, -0.25) is 9.59 Å². The minimum absolute atomic E-state index is 0.0474. The molecule has 0 saturated heterocycles. The molecule has 0 spiro atoms. The Kier molecular flexibility index (Phi) is 7.43. The molecule has 0 saturated carbocycles. The maximum Gasteiger partial charge on any atom is 0.253 e. The van der Waals surface area contributed by atoms with Crippen LogP contribution in [0.25, 0.3) is 0 Å². The van der Waals surface area contributed by atoms with Crippen LogP contribution in [0.2, 0.25) is 5.02 Å². The summed E-state index contributed by atoms with van der Waals surface area (Å²) in [5.74, 6) is -0.507. The lowest BCUT2D eigenvalue weighted by molar-refractivity contribution is -0.133. The standard InChI is InChI=1S/C22H27ClN2O2/c1-5-16-10-12-17(13-11-16)14-25(4)22(27)20(15(2)3)24-21(26)18-8-6-7-9-19(18)23/h6-13,15,20H,5,14H2,1-4H3,(H,24,26). The molecule has 2 aromatic rings. The molecule has 2 amide bonds. The summed E-state index contributed by atoms with van der Waals surface area (Å²) >= 11 is 6.10. The Hall–Kier alpha value is -2.33.